The van der Waals surface area contributed by atoms with Crippen molar-refractivity contribution in [2.75, 3.05) is 5.32 Å². The Kier molecular flexibility index (Phi) is 2.99. The second kappa shape index (κ2) is 4.44. The predicted molar refractivity (Wildman–Crippen MR) is 53.9 cm³/mol. The van der Waals surface area contributed by atoms with Gasteiger partial charge in [-0.05, 0) is 6.42 Å². The molecule has 1 aromatic rings. The highest BCUT2D eigenvalue weighted by Crippen LogP contribution is 2.15. The average molecular weight is 241 g/mol. The molecule has 1 unspecified atom stereocenters. The number of carbonyl (C=O) groups is 2. The minimum atomic E-state index is -0.880. The van der Waals surface area contributed by atoms with Crippen LogP contribution in [-0.4, -0.2) is 22.8 Å². The van der Waals surface area contributed by atoms with Crippen LogP contribution < -0.4 is 10.6 Å². The molecule has 1 aromatic heterocycles. The SMILES string of the molecule is O=C1CCC(Nc2ncc(F)cc2F)C(=O)N1. The van der Waals surface area contributed by atoms with Gasteiger partial charge in [-0.15, -0.1) is 0 Å². The Labute approximate surface area is 95.2 Å². The predicted octanol–water partition coefficient (Wildman–Crippen LogP) is 0.577. The van der Waals surface area contributed by atoms with Gasteiger partial charge in [-0.2, -0.15) is 0 Å². The Morgan fingerprint density at radius 2 is 2.18 bits per heavy atom. The lowest BCUT2D eigenvalue weighted by molar-refractivity contribution is -0.133. The lowest BCUT2D eigenvalue weighted by Gasteiger charge is -2.22. The number of nitrogens with zero attached hydrogens (tertiary/aromatic N) is 1. The molecule has 2 N–H and O–H groups in total. The largest absolute Gasteiger partial charge is 0.356 e. The molecule has 1 aliphatic heterocycles. The Balaban J connectivity index is 2.10. The summed E-state index contributed by atoms with van der Waals surface area (Å²) in [7, 11) is 0. The molecule has 1 fully saturated rings. The van der Waals surface area contributed by atoms with E-state index in [0.717, 1.165) is 6.20 Å². The Hall–Kier alpha value is -2.05. The molecular formula is C10H9F2N3O2. The van der Waals surface area contributed by atoms with Crippen LogP contribution in [0.1, 0.15) is 12.8 Å². The number of aromatic nitrogens is 1. The summed E-state index contributed by atoms with van der Waals surface area (Å²) in [5, 5.41) is 4.65. The smallest absolute Gasteiger partial charge is 0.249 e. The van der Waals surface area contributed by atoms with E-state index < -0.39 is 23.6 Å². The number of nitrogens with one attached hydrogen (secondary N) is 2. The molecule has 1 aliphatic rings. The molecule has 0 bridgehead atoms. The number of amides is 2. The Bertz CT molecular complexity index is 479. The maximum atomic E-state index is 13.2. The highest BCUT2D eigenvalue weighted by atomic mass is 19.1. The summed E-state index contributed by atoms with van der Waals surface area (Å²) in [5.41, 5.74) is 0. The van der Waals surface area contributed by atoms with Crippen molar-refractivity contribution < 1.29 is 18.4 Å². The monoisotopic (exact) mass is 241 g/mol. The quantitative estimate of drug-likeness (QED) is 0.743. The van der Waals surface area contributed by atoms with Gasteiger partial charge < -0.3 is 5.32 Å². The molecule has 5 nitrogen and oxygen atoms in total. The van der Waals surface area contributed by atoms with Crippen molar-refractivity contribution in [2.45, 2.75) is 18.9 Å². The standard InChI is InChI=1S/C10H9F2N3O2/c11-5-3-6(12)9(13-4-5)14-7-1-2-8(16)15-10(7)17/h3-4,7H,1-2H2,(H,13,14)(H,15,16,17). The minimum Gasteiger partial charge on any atom is -0.356 e. The number of hydrogen-bond donors (Lipinski definition) is 2. The second-order valence-electron chi connectivity index (χ2n) is 3.63. The fourth-order valence-electron chi connectivity index (χ4n) is 1.52. The molecule has 1 atom stereocenters. The summed E-state index contributed by atoms with van der Waals surface area (Å²) in [6.45, 7) is 0. The van der Waals surface area contributed by atoms with E-state index in [4.69, 9.17) is 0 Å². The van der Waals surface area contributed by atoms with Crippen LogP contribution in [0, 0.1) is 11.6 Å². The van der Waals surface area contributed by atoms with Crippen molar-refractivity contribution in [1.82, 2.24) is 10.3 Å². The number of halogens is 2. The van der Waals surface area contributed by atoms with Crippen molar-refractivity contribution in [3.05, 3.63) is 23.9 Å². The number of piperidine rings is 1. The Morgan fingerprint density at radius 1 is 1.41 bits per heavy atom. The molecule has 2 heterocycles. The number of hydrogen-bond acceptors (Lipinski definition) is 4. The molecule has 2 rings (SSSR count). The summed E-state index contributed by atoms with van der Waals surface area (Å²) < 4.78 is 25.8. The van der Waals surface area contributed by atoms with Gasteiger partial charge in [-0.25, -0.2) is 13.8 Å². The zero-order valence-electron chi connectivity index (χ0n) is 8.67. The maximum absolute atomic E-state index is 13.2. The van der Waals surface area contributed by atoms with Crippen molar-refractivity contribution in [1.29, 1.82) is 0 Å². The molecule has 90 valence electrons. The molecule has 1 saturated heterocycles. The molecule has 0 aliphatic carbocycles. The summed E-state index contributed by atoms with van der Waals surface area (Å²) in [6.07, 6.45) is 1.27. The summed E-state index contributed by atoms with van der Waals surface area (Å²) in [5.74, 6) is -2.78. The normalized spacial score (nSPS) is 20.0. The zero-order chi connectivity index (χ0) is 12.4. The van der Waals surface area contributed by atoms with Gasteiger partial charge in [0.25, 0.3) is 0 Å². The highest BCUT2D eigenvalue weighted by Gasteiger charge is 2.27. The lowest BCUT2D eigenvalue weighted by atomic mass is 10.1. The lowest BCUT2D eigenvalue weighted by Crippen LogP contribution is -2.47. The minimum absolute atomic E-state index is 0.173. The number of anilines is 1. The van der Waals surface area contributed by atoms with Gasteiger partial charge in [0, 0.05) is 12.5 Å². The van der Waals surface area contributed by atoms with Gasteiger partial charge in [0.05, 0.1) is 6.20 Å². The highest BCUT2D eigenvalue weighted by molar-refractivity contribution is 6.01. The molecule has 0 saturated carbocycles. The van der Waals surface area contributed by atoms with Crippen LogP contribution in [0.25, 0.3) is 0 Å². The third kappa shape index (κ3) is 2.55. The van der Waals surface area contributed by atoms with Crippen LogP contribution >= 0.6 is 0 Å². The van der Waals surface area contributed by atoms with Gasteiger partial charge in [-0.3, -0.25) is 14.9 Å². The van der Waals surface area contributed by atoms with Crippen LogP contribution in [-0.2, 0) is 9.59 Å². The first kappa shape index (κ1) is 11.4. The second-order valence-corrected chi connectivity index (χ2v) is 3.63. The first-order valence-corrected chi connectivity index (χ1v) is 4.97. The number of carbonyl (C=O) groups excluding carboxylic acids is 2. The topological polar surface area (TPSA) is 71.1 Å². The zero-order valence-corrected chi connectivity index (χ0v) is 8.67. The molecule has 0 radical (unpaired) electrons. The van der Waals surface area contributed by atoms with Crippen molar-refractivity contribution in [3.63, 3.8) is 0 Å². The van der Waals surface area contributed by atoms with Gasteiger partial charge in [0.2, 0.25) is 11.8 Å². The number of rotatable bonds is 2. The fourth-order valence-corrected chi connectivity index (χ4v) is 1.52. The fraction of sp³-hybridized carbons (Fsp3) is 0.300. The maximum Gasteiger partial charge on any atom is 0.249 e. The molecular weight excluding hydrogens is 232 g/mol. The van der Waals surface area contributed by atoms with Crippen LogP contribution in [0.15, 0.2) is 12.3 Å². The summed E-state index contributed by atoms with van der Waals surface area (Å²) in [4.78, 5) is 25.8. The van der Waals surface area contributed by atoms with E-state index in [1.54, 1.807) is 0 Å². The van der Waals surface area contributed by atoms with Gasteiger partial charge >= 0.3 is 0 Å². The summed E-state index contributed by atoms with van der Waals surface area (Å²) in [6, 6.07) is -0.0681. The third-order valence-electron chi connectivity index (χ3n) is 2.36. The van der Waals surface area contributed by atoms with Crippen LogP contribution in [0.3, 0.4) is 0 Å². The van der Waals surface area contributed by atoms with Gasteiger partial charge in [-0.1, -0.05) is 0 Å². The van der Waals surface area contributed by atoms with Crippen LogP contribution in [0.2, 0.25) is 0 Å². The molecule has 2 amide bonds. The van der Waals surface area contributed by atoms with E-state index in [0.29, 0.717) is 6.07 Å². The van der Waals surface area contributed by atoms with Crippen LogP contribution in [0.5, 0.6) is 0 Å². The van der Waals surface area contributed by atoms with Crippen LogP contribution in [0.4, 0.5) is 14.6 Å². The number of pyridine rings is 1. The van der Waals surface area contributed by atoms with E-state index in [9.17, 15) is 18.4 Å². The number of imide groups is 1. The average Bonchev–Trinajstić information content (AvgIpc) is 2.25. The molecule has 0 spiro atoms. The summed E-state index contributed by atoms with van der Waals surface area (Å²) >= 11 is 0. The van der Waals surface area contributed by atoms with E-state index in [2.05, 4.69) is 15.6 Å². The van der Waals surface area contributed by atoms with Crippen molar-refractivity contribution in [2.24, 2.45) is 0 Å². The first-order chi connectivity index (χ1) is 8.06. The van der Waals surface area contributed by atoms with Gasteiger partial charge in [0.1, 0.15) is 11.9 Å². The Morgan fingerprint density at radius 3 is 2.82 bits per heavy atom. The van der Waals surface area contributed by atoms with Crippen molar-refractivity contribution in [3.8, 4) is 0 Å². The molecule has 7 heteroatoms. The molecule has 17 heavy (non-hydrogen) atoms. The van der Waals surface area contributed by atoms with E-state index >= 15 is 0 Å². The van der Waals surface area contributed by atoms with E-state index in [-0.39, 0.29) is 24.6 Å². The first-order valence-electron chi connectivity index (χ1n) is 4.97. The van der Waals surface area contributed by atoms with E-state index in [1.165, 1.54) is 0 Å². The molecule has 0 aromatic carbocycles. The third-order valence-corrected chi connectivity index (χ3v) is 2.36. The van der Waals surface area contributed by atoms with Crippen molar-refractivity contribution >= 4 is 17.6 Å². The van der Waals surface area contributed by atoms with Gasteiger partial charge in [0.15, 0.2) is 11.6 Å². The van der Waals surface area contributed by atoms with E-state index in [1.807, 2.05) is 0 Å².